The van der Waals surface area contributed by atoms with E-state index in [0.717, 1.165) is 22.3 Å². The molecule has 3 aromatic carbocycles. The Labute approximate surface area is 240 Å². The van der Waals surface area contributed by atoms with Gasteiger partial charge < -0.3 is 0 Å². The molecule has 0 heterocycles. The van der Waals surface area contributed by atoms with E-state index in [1.54, 1.807) is 0 Å². The summed E-state index contributed by atoms with van der Waals surface area (Å²) >= 11 is 0. The zero-order valence-electron chi connectivity index (χ0n) is 23.7. The molecular weight excluding hydrogens is 497 g/mol. The second kappa shape index (κ2) is 11.3. The van der Waals surface area contributed by atoms with E-state index in [1.807, 2.05) is 0 Å². The summed E-state index contributed by atoms with van der Waals surface area (Å²) in [7, 11) is 0. The van der Waals surface area contributed by atoms with Crippen LogP contribution in [0.2, 0.25) is 0 Å². The molecule has 0 aliphatic rings. The Balaban J connectivity index is 0.00000324. The fourth-order valence-corrected chi connectivity index (χ4v) is 4.60. The van der Waals surface area contributed by atoms with Gasteiger partial charge in [0, 0.05) is 50.8 Å². The summed E-state index contributed by atoms with van der Waals surface area (Å²) in [5.41, 5.74) is 19.5. The standard InChI is InChI=1S/C34H37.Y.H2/c1-19-17-20(2)24(6)32(23(19)5)15-16-34-29(11)27(9)33(28(10)30(34)12)14-13-31-18-21(3)22(4)25(7)26(31)8;;/h18H,1-12H3;;1H/q-1;;. The van der Waals surface area contributed by atoms with Crippen LogP contribution in [-0.2, 0) is 32.7 Å². The Morgan fingerprint density at radius 3 is 1.26 bits per heavy atom. The fraction of sp³-hybridized carbons (Fsp3) is 0.353. The first-order chi connectivity index (χ1) is 15.9. The average molecular weight is 537 g/mol. The van der Waals surface area contributed by atoms with Crippen molar-refractivity contribution in [2.45, 2.75) is 83.1 Å². The second-order valence-electron chi connectivity index (χ2n) is 9.87. The molecule has 3 rings (SSSR count). The third-order valence-corrected chi connectivity index (χ3v) is 7.99. The first-order valence-electron chi connectivity index (χ1n) is 12.1. The van der Waals surface area contributed by atoms with Gasteiger partial charge in [0.25, 0.3) is 0 Å². The van der Waals surface area contributed by atoms with E-state index in [0.29, 0.717) is 0 Å². The van der Waals surface area contributed by atoms with Crippen LogP contribution in [0.3, 0.4) is 0 Å². The van der Waals surface area contributed by atoms with Gasteiger partial charge in [-0.2, -0.15) is 17.2 Å². The first kappa shape index (κ1) is 29.1. The normalized spacial score (nSPS) is 10.2. The van der Waals surface area contributed by atoms with Crippen LogP contribution in [-0.4, -0.2) is 0 Å². The van der Waals surface area contributed by atoms with E-state index in [9.17, 15) is 0 Å². The molecule has 0 spiro atoms. The number of benzene rings is 3. The number of hydrogen-bond donors (Lipinski definition) is 0. The maximum atomic E-state index is 3.53. The SMILES string of the molecule is Cc1[c-]c(C)c(C)c(C#Cc2c(C)c(C)c(C#Cc3cc(C)c(C)c(C)c3C)c(C)c2C)c1C.[HH].[Y]. The summed E-state index contributed by atoms with van der Waals surface area (Å²) in [6.45, 7) is 26.0. The van der Waals surface area contributed by atoms with Crippen LogP contribution >= 0.6 is 0 Å². The van der Waals surface area contributed by atoms with E-state index in [2.05, 4.69) is 119 Å². The minimum atomic E-state index is 0. The molecule has 0 N–H and O–H groups in total. The van der Waals surface area contributed by atoms with Gasteiger partial charge in [0.2, 0.25) is 0 Å². The summed E-state index contributed by atoms with van der Waals surface area (Å²) in [5, 5.41) is 0. The van der Waals surface area contributed by atoms with E-state index < -0.39 is 0 Å². The number of rotatable bonds is 0. The van der Waals surface area contributed by atoms with Crippen molar-refractivity contribution in [2.75, 3.05) is 0 Å². The Morgan fingerprint density at radius 1 is 0.457 bits per heavy atom. The van der Waals surface area contributed by atoms with Gasteiger partial charge in [-0.25, -0.2) is 0 Å². The van der Waals surface area contributed by atoms with Gasteiger partial charge in [-0.05, 0) is 106 Å². The van der Waals surface area contributed by atoms with Crippen LogP contribution in [0.5, 0.6) is 0 Å². The molecular formula is C34H39Y-. The van der Waals surface area contributed by atoms with Crippen LogP contribution < -0.4 is 0 Å². The Bertz CT molecular complexity index is 1410. The molecule has 0 saturated heterocycles. The van der Waals surface area contributed by atoms with Crippen LogP contribution in [0.15, 0.2) is 6.07 Å². The molecule has 1 radical (unpaired) electrons. The molecule has 35 heavy (non-hydrogen) atoms. The molecule has 0 saturated carbocycles. The van der Waals surface area contributed by atoms with E-state index in [4.69, 9.17) is 0 Å². The summed E-state index contributed by atoms with van der Waals surface area (Å²) in [4.78, 5) is 0. The van der Waals surface area contributed by atoms with Crippen LogP contribution in [0.1, 0.15) is 90.4 Å². The van der Waals surface area contributed by atoms with Crippen molar-refractivity contribution in [3.63, 3.8) is 0 Å². The Morgan fingerprint density at radius 2 is 0.829 bits per heavy atom. The Kier molecular flexibility index (Phi) is 9.40. The smallest absolute Gasteiger partial charge is 0.0313 e. The number of hydrogen-bond acceptors (Lipinski definition) is 0. The molecule has 3 aromatic rings. The van der Waals surface area contributed by atoms with Crippen molar-refractivity contribution in [3.05, 3.63) is 101 Å². The molecule has 0 amide bonds. The molecule has 1 heteroatoms. The van der Waals surface area contributed by atoms with E-state index in [1.165, 1.54) is 66.8 Å². The molecule has 0 fully saturated rings. The maximum Gasteiger partial charge on any atom is 0.0313 e. The van der Waals surface area contributed by atoms with Crippen molar-refractivity contribution in [2.24, 2.45) is 0 Å². The summed E-state index contributed by atoms with van der Waals surface area (Å²) < 4.78 is 0. The van der Waals surface area contributed by atoms with Crippen LogP contribution in [0.25, 0.3) is 0 Å². The van der Waals surface area contributed by atoms with Crippen LogP contribution in [0.4, 0.5) is 0 Å². The molecule has 0 bridgehead atoms. The Hall–Kier alpha value is -2.12. The second-order valence-corrected chi connectivity index (χ2v) is 9.87. The predicted molar refractivity (Wildman–Crippen MR) is 149 cm³/mol. The van der Waals surface area contributed by atoms with Crippen molar-refractivity contribution in [3.8, 4) is 23.7 Å². The van der Waals surface area contributed by atoms with E-state index >= 15 is 0 Å². The third-order valence-electron chi connectivity index (χ3n) is 7.99. The molecule has 0 atom stereocenters. The molecule has 0 aliphatic heterocycles. The maximum absolute atomic E-state index is 3.53. The van der Waals surface area contributed by atoms with E-state index in [-0.39, 0.29) is 34.1 Å². The fourth-order valence-electron chi connectivity index (χ4n) is 4.60. The first-order valence-corrected chi connectivity index (χ1v) is 12.1. The molecule has 0 aliphatic carbocycles. The van der Waals surface area contributed by atoms with Crippen molar-refractivity contribution in [1.82, 2.24) is 0 Å². The van der Waals surface area contributed by atoms with Crippen molar-refractivity contribution >= 4 is 0 Å². The summed E-state index contributed by atoms with van der Waals surface area (Å²) in [6, 6.07) is 5.68. The van der Waals surface area contributed by atoms with Gasteiger partial charge in [0.05, 0.1) is 0 Å². The molecule has 0 nitrogen and oxygen atoms in total. The molecule has 179 valence electrons. The topological polar surface area (TPSA) is 0 Å². The van der Waals surface area contributed by atoms with Gasteiger partial charge in [-0.1, -0.05) is 56.9 Å². The molecule has 0 unspecified atom stereocenters. The van der Waals surface area contributed by atoms with Gasteiger partial charge in [0.15, 0.2) is 0 Å². The van der Waals surface area contributed by atoms with Crippen LogP contribution in [0, 0.1) is 113 Å². The van der Waals surface area contributed by atoms with Crippen molar-refractivity contribution in [1.29, 1.82) is 0 Å². The minimum absolute atomic E-state index is 0. The van der Waals surface area contributed by atoms with Gasteiger partial charge in [-0.15, -0.1) is 11.1 Å². The van der Waals surface area contributed by atoms with Crippen molar-refractivity contribution < 1.29 is 34.1 Å². The zero-order valence-corrected chi connectivity index (χ0v) is 26.5. The quantitative estimate of drug-likeness (QED) is 0.201. The monoisotopic (exact) mass is 536 g/mol. The van der Waals surface area contributed by atoms with Gasteiger partial charge >= 0.3 is 0 Å². The van der Waals surface area contributed by atoms with Gasteiger partial charge in [0.1, 0.15) is 0 Å². The predicted octanol–water partition coefficient (Wildman–Crippen LogP) is 8.23. The zero-order chi connectivity index (χ0) is 25.5. The third kappa shape index (κ3) is 5.51. The summed E-state index contributed by atoms with van der Waals surface area (Å²) in [5.74, 6) is 14.1. The minimum Gasteiger partial charge on any atom is -0.177 e. The largest absolute Gasteiger partial charge is 0.177 e. The number of aryl methyl sites for hydroxylation is 3. The summed E-state index contributed by atoms with van der Waals surface area (Å²) in [6.07, 6.45) is 0. The average Bonchev–Trinajstić information content (AvgIpc) is 2.80. The van der Waals surface area contributed by atoms with Gasteiger partial charge in [-0.3, -0.25) is 0 Å². The molecule has 0 aromatic heterocycles.